The molecular formula is C19H29N3S. The summed E-state index contributed by atoms with van der Waals surface area (Å²) >= 11 is 2.01. The highest BCUT2D eigenvalue weighted by Crippen LogP contribution is 2.60. The number of rotatable bonds is 3. The summed E-state index contributed by atoms with van der Waals surface area (Å²) in [4.78, 5) is 0. The van der Waals surface area contributed by atoms with Crippen molar-refractivity contribution in [3.63, 3.8) is 0 Å². The first kappa shape index (κ1) is 14.8. The first-order chi connectivity index (χ1) is 11.2. The molecule has 6 rings (SSSR count). The molecule has 5 saturated carbocycles. The lowest BCUT2D eigenvalue weighted by Gasteiger charge is -2.56. The van der Waals surface area contributed by atoms with Crippen LogP contribution in [0.3, 0.4) is 0 Å². The minimum atomic E-state index is 0.377. The Morgan fingerprint density at radius 3 is 2.13 bits per heavy atom. The van der Waals surface area contributed by atoms with Crippen molar-refractivity contribution in [1.82, 2.24) is 14.8 Å². The standard InChI is InChI=1S/C19H29N3S/c1-22-17(20-21-18(22)23-16-5-3-2-4-6-16)19-10-13-7-14(11-19)9-15(8-13)12-19/h13-16H,2-12H2,1H3. The maximum atomic E-state index is 4.76. The third kappa shape index (κ3) is 2.47. The molecule has 0 spiro atoms. The molecule has 0 amide bonds. The van der Waals surface area contributed by atoms with E-state index in [4.69, 9.17) is 5.10 Å². The van der Waals surface area contributed by atoms with Gasteiger partial charge in [0, 0.05) is 17.7 Å². The normalized spacial score (nSPS) is 40.0. The quantitative estimate of drug-likeness (QED) is 0.804. The van der Waals surface area contributed by atoms with Crippen molar-refractivity contribution in [2.75, 3.05) is 0 Å². The van der Waals surface area contributed by atoms with Crippen molar-refractivity contribution in [3.8, 4) is 0 Å². The summed E-state index contributed by atoms with van der Waals surface area (Å²) in [6.07, 6.45) is 15.6. The van der Waals surface area contributed by atoms with E-state index in [1.54, 1.807) is 0 Å². The number of hydrogen-bond donors (Lipinski definition) is 0. The predicted octanol–water partition coefficient (Wildman–Crippen LogP) is 4.71. The summed E-state index contributed by atoms with van der Waals surface area (Å²) in [6.45, 7) is 0. The maximum Gasteiger partial charge on any atom is 0.191 e. The van der Waals surface area contributed by atoms with Crippen molar-refractivity contribution in [1.29, 1.82) is 0 Å². The number of thioether (sulfide) groups is 1. The lowest BCUT2D eigenvalue weighted by molar-refractivity contribution is -0.0109. The second-order valence-electron chi connectivity index (χ2n) is 8.94. The van der Waals surface area contributed by atoms with Gasteiger partial charge in [0.25, 0.3) is 0 Å². The predicted molar refractivity (Wildman–Crippen MR) is 93.6 cm³/mol. The Morgan fingerprint density at radius 2 is 1.52 bits per heavy atom. The summed E-state index contributed by atoms with van der Waals surface area (Å²) < 4.78 is 2.38. The molecule has 1 aromatic heterocycles. The Balaban J connectivity index is 1.41. The molecule has 5 aliphatic carbocycles. The van der Waals surface area contributed by atoms with Crippen LogP contribution in [0.15, 0.2) is 5.16 Å². The van der Waals surface area contributed by atoms with Gasteiger partial charge >= 0.3 is 0 Å². The van der Waals surface area contributed by atoms with E-state index < -0.39 is 0 Å². The zero-order valence-corrected chi connectivity index (χ0v) is 15.2. The smallest absolute Gasteiger partial charge is 0.191 e. The van der Waals surface area contributed by atoms with Crippen molar-refractivity contribution >= 4 is 11.8 Å². The summed E-state index contributed by atoms with van der Waals surface area (Å²) in [5, 5.41) is 11.4. The van der Waals surface area contributed by atoms with Gasteiger partial charge in [-0.2, -0.15) is 0 Å². The van der Waals surface area contributed by atoms with Gasteiger partial charge in [0.05, 0.1) is 0 Å². The second-order valence-corrected chi connectivity index (χ2v) is 10.2. The van der Waals surface area contributed by atoms with Crippen LogP contribution in [-0.2, 0) is 12.5 Å². The molecule has 4 heteroatoms. The highest BCUT2D eigenvalue weighted by molar-refractivity contribution is 7.99. The summed E-state index contributed by atoms with van der Waals surface area (Å²) in [7, 11) is 2.24. The number of nitrogens with zero attached hydrogens (tertiary/aromatic N) is 3. The number of aromatic nitrogens is 3. The van der Waals surface area contributed by atoms with Gasteiger partial charge in [0.2, 0.25) is 0 Å². The molecule has 3 nitrogen and oxygen atoms in total. The lowest BCUT2D eigenvalue weighted by Crippen LogP contribution is -2.49. The summed E-state index contributed by atoms with van der Waals surface area (Å²) in [5.74, 6) is 4.27. The fourth-order valence-corrected chi connectivity index (χ4v) is 7.80. The van der Waals surface area contributed by atoms with Crippen LogP contribution < -0.4 is 0 Å². The Hall–Kier alpha value is -0.510. The zero-order chi connectivity index (χ0) is 15.4. The molecule has 1 aromatic rings. The van der Waals surface area contributed by atoms with Crippen LogP contribution in [-0.4, -0.2) is 20.0 Å². The topological polar surface area (TPSA) is 30.7 Å². The minimum absolute atomic E-state index is 0.377. The van der Waals surface area contributed by atoms with Crippen LogP contribution in [0.1, 0.15) is 76.5 Å². The van der Waals surface area contributed by atoms with Crippen molar-refractivity contribution in [2.45, 2.75) is 86.5 Å². The van der Waals surface area contributed by atoms with Gasteiger partial charge in [0.15, 0.2) is 5.16 Å². The van der Waals surface area contributed by atoms with Gasteiger partial charge < -0.3 is 4.57 Å². The van der Waals surface area contributed by atoms with Crippen molar-refractivity contribution in [3.05, 3.63) is 5.82 Å². The van der Waals surface area contributed by atoms with E-state index in [1.807, 2.05) is 11.8 Å². The monoisotopic (exact) mass is 331 g/mol. The Morgan fingerprint density at radius 1 is 0.913 bits per heavy atom. The van der Waals surface area contributed by atoms with Crippen LogP contribution in [0.5, 0.6) is 0 Å². The Kier molecular flexibility index (Phi) is 3.54. The summed E-state index contributed by atoms with van der Waals surface area (Å²) in [5.41, 5.74) is 0.377. The second kappa shape index (κ2) is 5.50. The number of hydrogen-bond acceptors (Lipinski definition) is 3. The molecule has 0 atom stereocenters. The average Bonchev–Trinajstić information content (AvgIpc) is 2.89. The highest BCUT2D eigenvalue weighted by atomic mass is 32.2. The van der Waals surface area contributed by atoms with Crippen LogP contribution >= 0.6 is 11.8 Å². The fraction of sp³-hybridized carbons (Fsp3) is 0.895. The van der Waals surface area contributed by atoms with Gasteiger partial charge in [-0.25, -0.2) is 0 Å². The van der Waals surface area contributed by atoms with Crippen LogP contribution in [0.4, 0.5) is 0 Å². The molecule has 0 unspecified atom stereocenters. The van der Waals surface area contributed by atoms with Crippen LogP contribution in [0.25, 0.3) is 0 Å². The molecule has 5 aliphatic rings. The minimum Gasteiger partial charge on any atom is -0.309 e. The fourth-order valence-electron chi connectivity index (χ4n) is 6.60. The molecular weight excluding hydrogens is 302 g/mol. The van der Waals surface area contributed by atoms with Crippen LogP contribution in [0, 0.1) is 17.8 Å². The van der Waals surface area contributed by atoms with Gasteiger partial charge in [-0.3, -0.25) is 0 Å². The first-order valence-electron chi connectivity index (χ1n) is 9.78. The molecule has 0 N–H and O–H groups in total. The van der Waals surface area contributed by atoms with Gasteiger partial charge in [-0.1, -0.05) is 31.0 Å². The molecule has 0 saturated heterocycles. The SMILES string of the molecule is Cn1c(SC2CCCCC2)nnc1C12CC3CC(CC(C3)C1)C2. The molecule has 1 heterocycles. The molecule has 126 valence electrons. The van der Waals surface area contributed by atoms with Gasteiger partial charge in [-0.05, 0) is 69.1 Å². The highest BCUT2D eigenvalue weighted by Gasteiger charge is 2.53. The lowest BCUT2D eigenvalue weighted by atomic mass is 9.49. The van der Waals surface area contributed by atoms with E-state index in [-0.39, 0.29) is 0 Å². The Bertz CT molecular complexity index is 552. The first-order valence-corrected chi connectivity index (χ1v) is 10.7. The van der Waals surface area contributed by atoms with E-state index in [0.29, 0.717) is 5.41 Å². The Labute approximate surface area is 144 Å². The van der Waals surface area contributed by atoms with Crippen molar-refractivity contribution in [2.24, 2.45) is 24.8 Å². The van der Waals surface area contributed by atoms with E-state index in [9.17, 15) is 0 Å². The molecule has 5 fully saturated rings. The average molecular weight is 332 g/mol. The molecule has 0 aliphatic heterocycles. The zero-order valence-electron chi connectivity index (χ0n) is 14.3. The molecule has 0 aromatic carbocycles. The maximum absolute atomic E-state index is 4.76. The summed E-state index contributed by atoms with van der Waals surface area (Å²) in [6, 6.07) is 0. The third-order valence-corrected chi connectivity index (χ3v) is 8.54. The molecule has 0 radical (unpaired) electrons. The van der Waals surface area contributed by atoms with Gasteiger partial charge in [-0.15, -0.1) is 10.2 Å². The largest absolute Gasteiger partial charge is 0.309 e. The molecule has 4 bridgehead atoms. The van der Waals surface area contributed by atoms with E-state index in [2.05, 4.69) is 16.7 Å². The van der Waals surface area contributed by atoms with Crippen LogP contribution in [0.2, 0.25) is 0 Å². The van der Waals surface area contributed by atoms with E-state index in [1.165, 1.54) is 81.6 Å². The van der Waals surface area contributed by atoms with E-state index >= 15 is 0 Å². The van der Waals surface area contributed by atoms with E-state index in [0.717, 1.165) is 23.0 Å². The van der Waals surface area contributed by atoms with Crippen molar-refractivity contribution < 1.29 is 0 Å². The molecule has 23 heavy (non-hydrogen) atoms. The third-order valence-electron chi connectivity index (χ3n) is 7.17. The van der Waals surface area contributed by atoms with Gasteiger partial charge in [0.1, 0.15) is 5.82 Å².